The summed E-state index contributed by atoms with van der Waals surface area (Å²) in [6, 6.07) is 29.9. The summed E-state index contributed by atoms with van der Waals surface area (Å²) >= 11 is 0. The monoisotopic (exact) mass is 427 g/mol. The first-order valence-electron chi connectivity index (χ1n) is 11.6. The molecule has 0 aliphatic carbocycles. The zero-order valence-corrected chi connectivity index (χ0v) is 18.9. The van der Waals surface area contributed by atoms with E-state index in [0.29, 0.717) is 0 Å². The number of hydrogen-bond donors (Lipinski definition) is 1. The fraction of sp³-hybridized carbons (Fsp3) is 0.321. The second-order valence-corrected chi connectivity index (χ2v) is 8.32. The van der Waals surface area contributed by atoms with Gasteiger partial charge in [0.1, 0.15) is 5.84 Å². The van der Waals surface area contributed by atoms with E-state index in [-0.39, 0.29) is 5.92 Å². The van der Waals surface area contributed by atoms with Crippen LogP contribution in [0.3, 0.4) is 0 Å². The lowest BCUT2D eigenvalue weighted by Crippen LogP contribution is -2.37. The molecule has 1 fully saturated rings. The minimum absolute atomic E-state index is 0.0575. The van der Waals surface area contributed by atoms with E-state index < -0.39 is 0 Å². The van der Waals surface area contributed by atoms with Gasteiger partial charge in [0.2, 0.25) is 0 Å². The second kappa shape index (κ2) is 11.6. The molecule has 0 unspecified atom stereocenters. The van der Waals surface area contributed by atoms with E-state index in [1.54, 1.807) is 0 Å². The predicted molar refractivity (Wildman–Crippen MR) is 134 cm³/mol. The van der Waals surface area contributed by atoms with Gasteiger partial charge in [0.15, 0.2) is 0 Å². The van der Waals surface area contributed by atoms with Gasteiger partial charge in [0.25, 0.3) is 0 Å². The van der Waals surface area contributed by atoms with Crippen LogP contribution in [0.4, 0.5) is 5.69 Å². The molecule has 1 N–H and O–H groups in total. The first-order valence-corrected chi connectivity index (χ1v) is 11.6. The average Bonchev–Trinajstić information content (AvgIpc) is 2.85. The Kier molecular flexibility index (Phi) is 8.07. The third-order valence-corrected chi connectivity index (χ3v) is 5.88. The minimum atomic E-state index is 0.0575. The Morgan fingerprint density at radius 3 is 2.06 bits per heavy atom. The van der Waals surface area contributed by atoms with E-state index in [4.69, 9.17) is 9.73 Å². The molecule has 3 aromatic carbocycles. The normalized spacial score (nSPS) is 15.1. The lowest BCUT2D eigenvalue weighted by Gasteiger charge is -2.26. The van der Waals surface area contributed by atoms with Crippen molar-refractivity contribution in [2.24, 2.45) is 4.99 Å². The summed E-state index contributed by atoms with van der Waals surface area (Å²) in [4.78, 5) is 7.60. The van der Waals surface area contributed by atoms with Gasteiger partial charge in [0.05, 0.1) is 19.1 Å². The van der Waals surface area contributed by atoms with E-state index in [0.717, 1.165) is 57.3 Å². The van der Waals surface area contributed by atoms with Crippen LogP contribution in [0.15, 0.2) is 89.9 Å². The smallest absolute Gasteiger partial charge is 0.113 e. The van der Waals surface area contributed by atoms with Crippen molar-refractivity contribution in [3.05, 3.63) is 102 Å². The number of nitrogens with zero attached hydrogens (tertiary/aromatic N) is 2. The number of amidine groups is 1. The highest BCUT2D eigenvalue weighted by molar-refractivity contribution is 6.02. The van der Waals surface area contributed by atoms with E-state index in [2.05, 4.69) is 102 Å². The van der Waals surface area contributed by atoms with E-state index in [1.807, 2.05) is 0 Å². The molecule has 0 aromatic heterocycles. The summed E-state index contributed by atoms with van der Waals surface area (Å²) in [6.45, 7) is 7.69. The van der Waals surface area contributed by atoms with Crippen molar-refractivity contribution in [3.8, 4) is 0 Å². The molecule has 1 saturated heterocycles. The van der Waals surface area contributed by atoms with Crippen LogP contribution in [-0.4, -0.2) is 50.1 Å². The number of morpholine rings is 1. The van der Waals surface area contributed by atoms with Gasteiger partial charge < -0.3 is 10.1 Å². The topological polar surface area (TPSA) is 36.9 Å². The first kappa shape index (κ1) is 22.3. The maximum Gasteiger partial charge on any atom is 0.113 e. The van der Waals surface area contributed by atoms with Gasteiger partial charge in [-0.3, -0.25) is 9.89 Å². The Morgan fingerprint density at radius 2 is 1.47 bits per heavy atom. The summed E-state index contributed by atoms with van der Waals surface area (Å²) in [6.07, 6.45) is 1.04. The molecule has 0 bridgehead atoms. The van der Waals surface area contributed by atoms with Crippen molar-refractivity contribution < 1.29 is 4.74 Å². The zero-order valence-electron chi connectivity index (χ0n) is 18.9. The highest BCUT2D eigenvalue weighted by atomic mass is 16.5. The molecule has 4 heteroatoms. The van der Waals surface area contributed by atoms with Crippen molar-refractivity contribution in [3.63, 3.8) is 0 Å². The van der Waals surface area contributed by atoms with Gasteiger partial charge in [-0.2, -0.15) is 0 Å². The van der Waals surface area contributed by atoms with Gasteiger partial charge in [-0.1, -0.05) is 78.4 Å². The quantitative estimate of drug-likeness (QED) is 0.299. The summed E-state index contributed by atoms with van der Waals surface area (Å²) in [7, 11) is 0. The predicted octanol–water partition coefficient (Wildman–Crippen LogP) is 5.36. The third kappa shape index (κ3) is 6.28. The molecule has 0 amide bonds. The summed E-state index contributed by atoms with van der Waals surface area (Å²) in [5.41, 5.74) is 4.80. The van der Waals surface area contributed by atoms with E-state index in [9.17, 15) is 0 Å². The number of nitrogens with one attached hydrogen (secondary N) is 1. The molecule has 4 nitrogen and oxygen atoms in total. The fourth-order valence-corrected chi connectivity index (χ4v) is 4.11. The van der Waals surface area contributed by atoms with E-state index in [1.165, 1.54) is 16.7 Å². The third-order valence-electron chi connectivity index (χ3n) is 5.88. The Bertz CT molecular complexity index is 925. The molecule has 0 atom stereocenters. The molecule has 4 rings (SSSR count). The highest BCUT2D eigenvalue weighted by Crippen LogP contribution is 2.27. The van der Waals surface area contributed by atoms with E-state index >= 15 is 0 Å². The van der Waals surface area contributed by atoms with Crippen LogP contribution in [0.1, 0.15) is 29.0 Å². The standard InChI is InChI=1S/C28H33N3O/c1-23-13-15-26(16-14-23)30-28(29-17-8-18-31-19-21-32-22-20-31)27(24-9-4-2-5-10-24)25-11-6-3-7-12-25/h2-7,9-16,27H,8,17-22H2,1H3,(H,29,30). The molecular weight excluding hydrogens is 394 g/mol. The van der Waals surface area contributed by atoms with Crippen molar-refractivity contribution in [1.29, 1.82) is 0 Å². The van der Waals surface area contributed by atoms with Crippen LogP contribution in [0, 0.1) is 6.92 Å². The van der Waals surface area contributed by atoms with Gasteiger partial charge in [-0.15, -0.1) is 0 Å². The largest absolute Gasteiger partial charge is 0.379 e. The van der Waals surface area contributed by atoms with Crippen LogP contribution in [0.25, 0.3) is 0 Å². The summed E-state index contributed by atoms with van der Waals surface area (Å²) in [5, 5.41) is 3.66. The number of benzene rings is 3. The molecule has 32 heavy (non-hydrogen) atoms. The van der Waals surface area contributed by atoms with Crippen LogP contribution >= 0.6 is 0 Å². The van der Waals surface area contributed by atoms with Crippen molar-refractivity contribution in [2.75, 3.05) is 44.7 Å². The maximum atomic E-state index is 5.47. The molecule has 1 heterocycles. The van der Waals surface area contributed by atoms with Crippen LogP contribution < -0.4 is 5.32 Å². The molecule has 0 spiro atoms. The lowest BCUT2D eigenvalue weighted by molar-refractivity contribution is 0.0377. The van der Waals surface area contributed by atoms with Gasteiger partial charge >= 0.3 is 0 Å². The summed E-state index contributed by atoms with van der Waals surface area (Å²) in [5.74, 6) is 1.05. The molecule has 166 valence electrons. The fourth-order valence-electron chi connectivity index (χ4n) is 4.11. The SMILES string of the molecule is Cc1ccc(NC(=NCCCN2CCOCC2)C(c2ccccc2)c2ccccc2)cc1. The second-order valence-electron chi connectivity index (χ2n) is 8.32. The Morgan fingerprint density at radius 1 is 0.875 bits per heavy atom. The van der Waals surface area contributed by atoms with Gasteiger partial charge in [0, 0.05) is 31.9 Å². The lowest BCUT2D eigenvalue weighted by atomic mass is 9.90. The van der Waals surface area contributed by atoms with Crippen molar-refractivity contribution in [1.82, 2.24) is 4.90 Å². The molecule has 1 aliphatic rings. The number of anilines is 1. The average molecular weight is 428 g/mol. The molecule has 0 radical (unpaired) electrons. The maximum absolute atomic E-state index is 5.47. The number of ether oxygens (including phenoxy) is 1. The van der Waals surface area contributed by atoms with Crippen molar-refractivity contribution >= 4 is 11.5 Å². The molecule has 1 aliphatic heterocycles. The molecule has 3 aromatic rings. The van der Waals surface area contributed by atoms with Gasteiger partial charge in [-0.25, -0.2) is 0 Å². The number of aliphatic imine (C=N–C) groups is 1. The number of hydrogen-bond acceptors (Lipinski definition) is 3. The summed E-state index contributed by atoms with van der Waals surface area (Å²) < 4.78 is 5.47. The number of rotatable bonds is 8. The van der Waals surface area contributed by atoms with Crippen molar-refractivity contribution in [2.45, 2.75) is 19.3 Å². The Labute approximate surface area is 192 Å². The Hall–Kier alpha value is -2.95. The molecular formula is C28H33N3O. The highest BCUT2D eigenvalue weighted by Gasteiger charge is 2.21. The minimum Gasteiger partial charge on any atom is -0.379 e. The molecule has 0 saturated carbocycles. The van der Waals surface area contributed by atoms with Crippen LogP contribution in [0.5, 0.6) is 0 Å². The first-order chi connectivity index (χ1) is 15.8. The Balaban J connectivity index is 1.59. The van der Waals surface area contributed by atoms with Crippen LogP contribution in [-0.2, 0) is 4.74 Å². The van der Waals surface area contributed by atoms with Crippen LogP contribution in [0.2, 0.25) is 0 Å². The number of aryl methyl sites for hydroxylation is 1. The zero-order chi connectivity index (χ0) is 22.0. The van der Waals surface area contributed by atoms with Gasteiger partial charge in [-0.05, 0) is 36.6 Å².